The Hall–Kier alpha value is -4.72. The number of anilines is 1. The average Bonchev–Trinajstić information content (AvgIpc) is 3.33. The summed E-state index contributed by atoms with van der Waals surface area (Å²) in [6.07, 6.45) is 5.41. The summed E-state index contributed by atoms with van der Waals surface area (Å²) in [7, 11) is 0. The Morgan fingerprint density at radius 1 is 0.912 bits per heavy atom. The highest BCUT2D eigenvalue weighted by Crippen LogP contribution is 2.35. The van der Waals surface area contributed by atoms with Crippen LogP contribution in [0.3, 0.4) is 0 Å². The van der Waals surface area contributed by atoms with Crippen LogP contribution in [0, 0.1) is 0 Å². The van der Waals surface area contributed by atoms with E-state index < -0.39 is 0 Å². The molecule has 8 nitrogen and oxygen atoms in total. The number of aromatic nitrogens is 4. The van der Waals surface area contributed by atoms with Crippen LogP contribution >= 0.6 is 0 Å². The van der Waals surface area contributed by atoms with E-state index in [4.69, 9.17) is 14.6 Å². The molecule has 3 heterocycles. The first-order valence-electron chi connectivity index (χ1n) is 10.9. The van der Waals surface area contributed by atoms with Crippen molar-refractivity contribution in [2.75, 3.05) is 18.6 Å². The van der Waals surface area contributed by atoms with Crippen molar-refractivity contribution in [2.24, 2.45) is 5.10 Å². The smallest absolute Gasteiger partial charge is 0.176 e. The van der Waals surface area contributed by atoms with Gasteiger partial charge in [0, 0.05) is 28.1 Å². The molecule has 34 heavy (non-hydrogen) atoms. The zero-order valence-corrected chi connectivity index (χ0v) is 18.1. The molecular formula is C26H20N6O2. The van der Waals surface area contributed by atoms with Crippen LogP contribution in [0.25, 0.3) is 27.7 Å². The third-order valence-electron chi connectivity index (χ3n) is 5.52. The SMILES string of the molecule is C(=N/Nc1nncc2ccccc12)/c1cn(-c2ccccc2)nc1-c1ccc2c(c1)OCCO2. The molecule has 0 saturated heterocycles. The van der Waals surface area contributed by atoms with Gasteiger partial charge in [-0.15, -0.1) is 5.10 Å². The lowest BCUT2D eigenvalue weighted by Crippen LogP contribution is -2.15. The second kappa shape index (κ2) is 8.67. The van der Waals surface area contributed by atoms with Gasteiger partial charge in [0.15, 0.2) is 17.3 Å². The van der Waals surface area contributed by atoms with E-state index in [9.17, 15) is 0 Å². The highest BCUT2D eigenvalue weighted by Gasteiger charge is 2.16. The molecule has 8 heteroatoms. The molecule has 3 aromatic carbocycles. The van der Waals surface area contributed by atoms with Crippen LogP contribution in [0.15, 0.2) is 90.3 Å². The fourth-order valence-electron chi connectivity index (χ4n) is 3.88. The van der Waals surface area contributed by atoms with Crippen LogP contribution in [0.5, 0.6) is 11.5 Å². The quantitative estimate of drug-likeness (QED) is 0.310. The molecule has 0 amide bonds. The summed E-state index contributed by atoms with van der Waals surface area (Å²) in [5.41, 5.74) is 6.50. The van der Waals surface area contributed by atoms with Gasteiger partial charge in [0.1, 0.15) is 18.9 Å². The van der Waals surface area contributed by atoms with Crippen molar-refractivity contribution in [3.8, 4) is 28.4 Å². The van der Waals surface area contributed by atoms with Crippen LogP contribution in [0.2, 0.25) is 0 Å². The minimum absolute atomic E-state index is 0.527. The highest BCUT2D eigenvalue weighted by molar-refractivity contribution is 5.92. The monoisotopic (exact) mass is 448 g/mol. The third-order valence-corrected chi connectivity index (χ3v) is 5.52. The zero-order valence-electron chi connectivity index (χ0n) is 18.1. The van der Waals surface area contributed by atoms with Crippen molar-refractivity contribution in [3.05, 3.63) is 90.8 Å². The molecular weight excluding hydrogens is 428 g/mol. The van der Waals surface area contributed by atoms with Crippen LogP contribution in [0.1, 0.15) is 5.56 Å². The minimum atomic E-state index is 0.527. The summed E-state index contributed by atoms with van der Waals surface area (Å²) in [4.78, 5) is 0. The second-order valence-electron chi connectivity index (χ2n) is 7.72. The fourth-order valence-corrected chi connectivity index (χ4v) is 3.88. The summed E-state index contributed by atoms with van der Waals surface area (Å²) in [6, 6.07) is 23.7. The Morgan fingerprint density at radius 2 is 1.74 bits per heavy atom. The lowest BCUT2D eigenvalue weighted by atomic mass is 10.1. The van der Waals surface area contributed by atoms with Crippen molar-refractivity contribution in [1.29, 1.82) is 0 Å². The van der Waals surface area contributed by atoms with E-state index in [0.29, 0.717) is 24.8 Å². The van der Waals surface area contributed by atoms with Crippen molar-refractivity contribution >= 4 is 22.8 Å². The van der Waals surface area contributed by atoms with Gasteiger partial charge in [0.2, 0.25) is 0 Å². The zero-order chi connectivity index (χ0) is 22.7. The van der Waals surface area contributed by atoms with E-state index in [1.54, 1.807) is 12.4 Å². The van der Waals surface area contributed by atoms with Crippen LogP contribution in [-0.4, -0.2) is 39.4 Å². The highest BCUT2D eigenvalue weighted by atomic mass is 16.6. The molecule has 0 unspecified atom stereocenters. The number of hydrazone groups is 1. The molecule has 2 aromatic heterocycles. The number of benzene rings is 3. The molecule has 0 aliphatic carbocycles. The third kappa shape index (κ3) is 3.81. The van der Waals surface area contributed by atoms with Gasteiger partial charge in [0.05, 0.1) is 18.1 Å². The molecule has 166 valence electrons. The topological polar surface area (TPSA) is 86.5 Å². The van der Waals surface area contributed by atoms with Gasteiger partial charge in [-0.1, -0.05) is 42.5 Å². The molecule has 5 aromatic rings. The normalized spacial score (nSPS) is 12.8. The second-order valence-corrected chi connectivity index (χ2v) is 7.72. The molecule has 0 radical (unpaired) electrons. The first-order valence-corrected chi connectivity index (χ1v) is 10.9. The summed E-state index contributed by atoms with van der Waals surface area (Å²) in [5.74, 6) is 2.04. The fraction of sp³-hybridized carbons (Fsp3) is 0.0769. The Bertz CT molecular complexity index is 1490. The molecule has 0 spiro atoms. The predicted octanol–water partition coefficient (Wildman–Crippen LogP) is 4.70. The maximum atomic E-state index is 5.78. The standard InChI is InChI=1S/C26H20N6O2/c1-2-7-21(8-3-1)32-17-20(16-28-30-26-22-9-5-4-6-19(22)15-27-29-26)25(31-32)18-10-11-23-24(14-18)34-13-12-33-23/h1-11,14-17H,12-13H2,(H,29,30)/b28-16-. The number of ether oxygens (including phenoxy) is 2. The summed E-state index contributed by atoms with van der Waals surface area (Å²) in [5, 5.41) is 19.5. The van der Waals surface area contributed by atoms with Gasteiger partial charge in [0.25, 0.3) is 0 Å². The van der Waals surface area contributed by atoms with Crippen molar-refractivity contribution in [1.82, 2.24) is 20.0 Å². The van der Waals surface area contributed by atoms with E-state index in [1.807, 2.05) is 83.7 Å². The minimum Gasteiger partial charge on any atom is -0.486 e. The van der Waals surface area contributed by atoms with Crippen LogP contribution in [0.4, 0.5) is 5.82 Å². The molecule has 1 N–H and O–H groups in total. The summed E-state index contributed by atoms with van der Waals surface area (Å²) < 4.78 is 13.3. The van der Waals surface area contributed by atoms with Gasteiger partial charge >= 0.3 is 0 Å². The Morgan fingerprint density at radius 3 is 2.65 bits per heavy atom. The summed E-state index contributed by atoms with van der Waals surface area (Å²) >= 11 is 0. The van der Waals surface area contributed by atoms with Crippen LogP contribution < -0.4 is 14.9 Å². The first-order chi connectivity index (χ1) is 16.8. The number of fused-ring (bicyclic) bond motifs is 2. The van der Waals surface area contributed by atoms with E-state index >= 15 is 0 Å². The number of nitrogens with zero attached hydrogens (tertiary/aromatic N) is 5. The Labute approximate surface area is 195 Å². The predicted molar refractivity (Wildman–Crippen MR) is 131 cm³/mol. The number of rotatable bonds is 5. The maximum absolute atomic E-state index is 5.78. The van der Waals surface area contributed by atoms with Crippen molar-refractivity contribution in [3.63, 3.8) is 0 Å². The maximum Gasteiger partial charge on any atom is 0.176 e. The lowest BCUT2D eigenvalue weighted by Gasteiger charge is -2.18. The number of para-hydroxylation sites is 1. The van der Waals surface area contributed by atoms with Gasteiger partial charge < -0.3 is 9.47 Å². The van der Waals surface area contributed by atoms with E-state index in [2.05, 4.69) is 20.7 Å². The van der Waals surface area contributed by atoms with Gasteiger partial charge in [-0.25, -0.2) is 4.68 Å². The number of hydrogen-bond acceptors (Lipinski definition) is 7. The average molecular weight is 448 g/mol. The molecule has 0 fully saturated rings. The molecule has 6 rings (SSSR count). The van der Waals surface area contributed by atoms with Crippen LogP contribution in [-0.2, 0) is 0 Å². The van der Waals surface area contributed by atoms with Crippen molar-refractivity contribution in [2.45, 2.75) is 0 Å². The molecule has 1 aliphatic rings. The number of hydrogen-bond donors (Lipinski definition) is 1. The Balaban J connectivity index is 1.38. The van der Waals surface area contributed by atoms with Gasteiger partial charge in [-0.2, -0.15) is 15.3 Å². The summed E-state index contributed by atoms with van der Waals surface area (Å²) in [6.45, 7) is 1.08. The van der Waals surface area contributed by atoms with Gasteiger partial charge in [-0.3, -0.25) is 5.43 Å². The van der Waals surface area contributed by atoms with E-state index in [1.165, 1.54) is 0 Å². The number of nitrogens with one attached hydrogen (secondary N) is 1. The lowest BCUT2D eigenvalue weighted by molar-refractivity contribution is 0.171. The largest absolute Gasteiger partial charge is 0.486 e. The molecule has 0 saturated carbocycles. The molecule has 0 bridgehead atoms. The van der Waals surface area contributed by atoms with Gasteiger partial charge in [-0.05, 0) is 30.3 Å². The molecule has 0 atom stereocenters. The molecule has 1 aliphatic heterocycles. The first kappa shape index (κ1) is 19.9. The van der Waals surface area contributed by atoms with Crippen molar-refractivity contribution < 1.29 is 9.47 Å². The van der Waals surface area contributed by atoms with E-state index in [-0.39, 0.29) is 0 Å². The van der Waals surface area contributed by atoms with E-state index in [0.717, 1.165) is 39.0 Å². The Kier molecular flexibility index (Phi) is 5.08.